The number of hydrazone groups is 1. The smallest absolute Gasteiger partial charge is 0.273 e. The van der Waals surface area contributed by atoms with Gasteiger partial charge in [0.05, 0.1) is 10.2 Å². The molecule has 7 nitrogen and oxygen atoms in total. The molecule has 0 bridgehead atoms. The molecule has 142 valence electrons. The standard InChI is InChI=1S/C19H23N5O2S/c1-12-6-8-24(9-7-12)11-13-2-3-14-16(10-13)27-19(20-14)21-18(26)15-4-5-17(25)23-22-15/h2-3,10,12H,4-9,11H2,1H3,(H,23,25)(H,20,21,26). The molecule has 3 heterocycles. The molecule has 1 saturated heterocycles. The van der Waals surface area contributed by atoms with Crippen LogP contribution in [-0.2, 0) is 16.1 Å². The zero-order valence-electron chi connectivity index (χ0n) is 15.3. The van der Waals surface area contributed by atoms with Gasteiger partial charge in [-0.15, -0.1) is 0 Å². The normalized spacial score (nSPS) is 19.0. The fourth-order valence-electron chi connectivity index (χ4n) is 3.41. The second kappa shape index (κ2) is 7.74. The minimum Gasteiger partial charge on any atom is -0.299 e. The summed E-state index contributed by atoms with van der Waals surface area (Å²) in [6.45, 7) is 5.59. The van der Waals surface area contributed by atoms with E-state index in [9.17, 15) is 9.59 Å². The first-order valence-corrected chi connectivity index (χ1v) is 10.2. The largest absolute Gasteiger partial charge is 0.299 e. The van der Waals surface area contributed by atoms with Crippen molar-refractivity contribution < 1.29 is 9.59 Å². The number of benzene rings is 1. The first-order chi connectivity index (χ1) is 13.1. The van der Waals surface area contributed by atoms with E-state index in [1.54, 1.807) is 0 Å². The molecule has 2 aliphatic rings. The molecule has 27 heavy (non-hydrogen) atoms. The molecule has 0 atom stereocenters. The number of likely N-dealkylation sites (tertiary alicyclic amines) is 1. The maximum Gasteiger partial charge on any atom is 0.273 e. The van der Waals surface area contributed by atoms with Gasteiger partial charge in [0, 0.05) is 19.4 Å². The summed E-state index contributed by atoms with van der Waals surface area (Å²) in [6.07, 6.45) is 3.17. The quantitative estimate of drug-likeness (QED) is 0.847. The van der Waals surface area contributed by atoms with Crippen LogP contribution in [-0.4, -0.2) is 40.5 Å². The molecule has 1 aromatic heterocycles. The van der Waals surface area contributed by atoms with Crippen LogP contribution in [0, 0.1) is 5.92 Å². The molecular weight excluding hydrogens is 362 g/mol. The number of nitrogens with zero attached hydrogens (tertiary/aromatic N) is 3. The SMILES string of the molecule is CC1CCN(Cc2ccc3nc(NC(=O)C4=NNC(=O)CC4)sc3c2)CC1. The van der Waals surface area contributed by atoms with Gasteiger partial charge in [-0.05, 0) is 49.5 Å². The first kappa shape index (κ1) is 18.1. The zero-order valence-corrected chi connectivity index (χ0v) is 16.1. The van der Waals surface area contributed by atoms with Crippen molar-refractivity contribution in [1.29, 1.82) is 0 Å². The van der Waals surface area contributed by atoms with Crippen LogP contribution in [0.25, 0.3) is 10.2 Å². The lowest BCUT2D eigenvalue weighted by atomic mass is 9.99. The number of hydrogen-bond acceptors (Lipinski definition) is 6. The second-order valence-electron chi connectivity index (χ2n) is 7.33. The number of piperidine rings is 1. The lowest BCUT2D eigenvalue weighted by molar-refractivity contribution is -0.121. The van der Waals surface area contributed by atoms with Gasteiger partial charge in [-0.3, -0.25) is 19.8 Å². The number of rotatable bonds is 4. The highest BCUT2D eigenvalue weighted by molar-refractivity contribution is 7.22. The monoisotopic (exact) mass is 385 g/mol. The Morgan fingerprint density at radius 3 is 2.89 bits per heavy atom. The van der Waals surface area contributed by atoms with E-state index in [-0.39, 0.29) is 18.2 Å². The molecule has 0 saturated carbocycles. The molecule has 2 amide bonds. The Bertz CT molecular complexity index is 899. The fourth-order valence-corrected chi connectivity index (χ4v) is 4.33. The predicted octanol–water partition coefficient (Wildman–Crippen LogP) is 2.73. The highest BCUT2D eigenvalue weighted by Gasteiger charge is 2.20. The summed E-state index contributed by atoms with van der Waals surface area (Å²) in [5, 5.41) is 7.17. The van der Waals surface area contributed by atoms with Crippen LogP contribution in [0.1, 0.15) is 38.2 Å². The molecule has 0 unspecified atom stereocenters. The first-order valence-electron chi connectivity index (χ1n) is 9.35. The lowest BCUT2D eigenvalue weighted by Gasteiger charge is -2.30. The van der Waals surface area contributed by atoms with Crippen LogP contribution in [0.4, 0.5) is 5.13 Å². The molecule has 0 aliphatic carbocycles. The highest BCUT2D eigenvalue weighted by atomic mass is 32.1. The van der Waals surface area contributed by atoms with Gasteiger partial charge < -0.3 is 0 Å². The van der Waals surface area contributed by atoms with Gasteiger partial charge in [-0.25, -0.2) is 10.4 Å². The minimum absolute atomic E-state index is 0.165. The number of aromatic nitrogens is 1. The Kier molecular flexibility index (Phi) is 5.18. The number of hydrogen-bond donors (Lipinski definition) is 2. The zero-order chi connectivity index (χ0) is 18.8. The number of amides is 2. The summed E-state index contributed by atoms with van der Waals surface area (Å²) < 4.78 is 1.06. The van der Waals surface area contributed by atoms with Crippen molar-refractivity contribution in [3.63, 3.8) is 0 Å². The Morgan fingerprint density at radius 1 is 1.33 bits per heavy atom. The minimum atomic E-state index is -0.309. The molecule has 4 rings (SSSR count). The van der Waals surface area contributed by atoms with E-state index in [4.69, 9.17) is 0 Å². The number of fused-ring (bicyclic) bond motifs is 1. The van der Waals surface area contributed by atoms with Gasteiger partial charge >= 0.3 is 0 Å². The number of carbonyl (C=O) groups is 2. The molecular formula is C19H23N5O2S. The summed E-state index contributed by atoms with van der Waals surface area (Å²) in [4.78, 5) is 30.4. The van der Waals surface area contributed by atoms with Gasteiger partial charge in [0.15, 0.2) is 5.13 Å². The third-order valence-corrected chi connectivity index (χ3v) is 6.06. The van der Waals surface area contributed by atoms with E-state index in [2.05, 4.69) is 44.8 Å². The van der Waals surface area contributed by atoms with Gasteiger partial charge in [-0.2, -0.15) is 5.10 Å². The highest BCUT2D eigenvalue weighted by Crippen LogP contribution is 2.28. The van der Waals surface area contributed by atoms with Crippen molar-refractivity contribution in [2.45, 2.75) is 39.2 Å². The van der Waals surface area contributed by atoms with Crippen molar-refractivity contribution in [2.75, 3.05) is 18.4 Å². The maximum atomic E-state index is 12.3. The lowest BCUT2D eigenvalue weighted by Crippen LogP contribution is -2.32. The molecule has 1 aromatic carbocycles. The molecule has 8 heteroatoms. The Hall–Kier alpha value is -2.32. The maximum absolute atomic E-state index is 12.3. The molecule has 2 N–H and O–H groups in total. The van der Waals surface area contributed by atoms with Crippen molar-refractivity contribution in [3.8, 4) is 0 Å². The Morgan fingerprint density at radius 2 is 2.15 bits per heavy atom. The molecule has 2 aliphatic heterocycles. The van der Waals surface area contributed by atoms with Crippen LogP contribution in [0.15, 0.2) is 23.3 Å². The van der Waals surface area contributed by atoms with Crippen LogP contribution in [0.2, 0.25) is 0 Å². The van der Waals surface area contributed by atoms with E-state index < -0.39 is 0 Å². The number of anilines is 1. The van der Waals surface area contributed by atoms with Gasteiger partial charge in [0.2, 0.25) is 5.91 Å². The van der Waals surface area contributed by atoms with Crippen molar-refractivity contribution >= 4 is 44.2 Å². The van der Waals surface area contributed by atoms with Crippen LogP contribution in [0.5, 0.6) is 0 Å². The van der Waals surface area contributed by atoms with Crippen LogP contribution in [0.3, 0.4) is 0 Å². The summed E-state index contributed by atoms with van der Waals surface area (Å²) in [5.41, 5.74) is 4.82. The summed E-state index contributed by atoms with van der Waals surface area (Å²) in [7, 11) is 0. The van der Waals surface area contributed by atoms with Gasteiger partial charge in [0.1, 0.15) is 5.71 Å². The number of nitrogens with one attached hydrogen (secondary N) is 2. The van der Waals surface area contributed by atoms with Crippen molar-refractivity contribution in [1.82, 2.24) is 15.3 Å². The van der Waals surface area contributed by atoms with Crippen LogP contribution >= 0.6 is 11.3 Å². The topological polar surface area (TPSA) is 86.7 Å². The van der Waals surface area contributed by atoms with Gasteiger partial charge in [-0.1, -0.05) is 24.3 Å². The number of thiazole rings is 1. The van der Waals surface area contributed by atoms with Crippen molar-refractivity contribution in [2.24, 2.45) is 11.0 Å². The van der Waals surface area contributed by atoms with E-state index in [1.165, 1.54) is 29.7 Å². The van der Waals surface area contributed by atoms with E-state index in [0.29, 0.717) is 17.3 Å². The van der Waals surface area contributed by atoms with Crippen LogP contribution < -0.4 is 10.7 Å². The summed E-state index contributed by atoms with van der Waals surface area (Å²) in [6, 6.07) is 6.30. The predicted molar refractivity (Wildman–Crippen MR) is 107 cm³/mol. The summed E-state index contributed by atoms with van der Waals surface area (Å²) in [5.74, 6) is 0.359. The Balaban J connectivity index is 1.43. The second-order valence-corrected chi connectivity index (χ2v) is 8.36. The van der Waals surface area contributed by atoms with E-state index in [1.807, 2.05) is 6.07 Å². The van der Waals surface area contributed by atoms with E-state index in [0.717, 1.165) is 35.8 Å². The third-order valence-electron chi connectivity index (χ3n) is 5.12. The summed E-state index contributed by atoms with van der Waals surface area (Å²) >= 11 is 1.46. The molecule has 0 radical (unpaired) electrons. The fraction of sp³-hybridized carbons (Fsp3) is 0.474. The third kappa shape index (κ3) is 4.33. The average molecular weight is 385 g/mol. The Labute approximate surface area is 161 Å². The van der Waals surface area contributed by atoms with E-state index >= 15 is 0 Å². The van der Waals surface area contributed by atoms with Gasteiger partial charge in [0.25, 0.3) is 5.91 Å². The average Bonchev–Trinajstić information content (AvgIpc) is 3.05. The molecule has 0 spiro atoms. The molecule has 1 fully saturated rings. The van der Waals surface area contributed by atoms with Crippen molar-refractivity contribution in [3.05, 3.63) is 23.8 Å². The number of carbonyl (C=O) groups excluding carboxylic acids is 2. The molecule has 2 aromatic rings.